The van der Waals surface area contributed by atoms with Gasteiger partial charge in [0.15, 0.2) is 11.6 Å². The van der Waals surface area contributed by atoms with Gasteiger partial charge >= 0.3 is 0 Å². The minimum atomic E-state index is -0.272. The third kappa shape index (κ3) is 9.03. The number of anilines is 1. The number of amides is 1. The van der Waals surface area contributed by atoms with Gasteiger partial charge in [0.2, 0.25) is 5.91 Å². The number of ether oxygens (including phenoxy) is 1. The number of allylic oxidation sites excluding steroid dienone is 1. The smallest absolute Gasteiger partial charge is 0.233 e. The highest BCUT2D eigenvalue weighted by Crippen LogP contribution is 2.51. The second-order valence-electron chi connectivity index (χ2n) is 20.6. The van der Waals surface area contributed by atoms with Crippen molar-refractivity contribution in [3.63, 3.8) is 0 Å². The van der Waals surface area contributed by atoms with Crippen molar-refractivity contribution in [2.45, 2.75) is 121 Å². The zero-order valence-electron chi connectivity index (χ0n) is 37.7. The third-order valence-electron chi connectivity index (χ3n) is 16.2. The Bertz CT molecular complexity index is 1910. The van der Waals surface area contributed by atoms with Crippen molar-refractivity contribution < 1.29 is 19.2 Å². The highest BCUT2D eigenvalue weighted by Gasteiger charge is 2.49. The second-order valence-corrected chi connectivity index (χ2v) is 20.6. The molecule has 9 rings (SSSR count). The van der Waals surface area contributed by atoms with Gasteiger partial charge in [-0.2, -0.15) is 0 Å². The van der Waals surface area contributed by atoms with E-state index < -0.39 is 0 Å². The molecule has 2 aromatic rings. The number of nitrogens with zero attached hydrogens (tertiary/aromatic N) is 7. The monoisotopic (exact) mass is 855 g/mol. The molecule has 6 saturated heterocycles. The van der Waals surface area contributed by atoms with E-state index in [-0.39, 0.29) is 35.4 Å². The summed E-state index contributed by atoms with van der Waals surface area (Å²) in [5, 5.41) is 14.8. The number of carbonyl (C=O) groups excluding carboxylic acids is 1. The second kappa shape index (κ2) is 18.3. The molecule has 7 fully saturated rings. The Labute approximate surface area is 369 Å². The highest BCUT2D eigenvalue weighted by atomic mass is 16.5. The number of carbonyl (C=O) groups is 1. The zero-order chi connectivity index (χ0) is 43.1. The van der Waals surface area contributed by atoms with Crippen LogP contribution >= 0.6 is 0 Å². The van der Waals surface area contributed by atoms with E-state index in [9.17, 15) is 9.90 Å². The van der Waals surface area contributed by atoms with Crippen LogP contribution in [-0.4, -0.2) is 150 Å². The van der Waals surface area contributed by atoms with E-state index in [1.165, 1.54) is 58.2 Å². The first kappa shape index (κ1) is 43.3. The van der Waals surface area contributed by atoms with E-state index >= 15 is 0 Å². The SMILES string of the molecule is CC(C)C(C(=O)N1CCCC1C)c1cc(N2CCC(CN3CCC4(CC3)CC(N3CCOC(CN5C6CCC5CN(C(/C=C(\N)c5ccccc5O)=C(N)N)C6)C3)C4)CC2)no1. The quantitative estimate of drug-likeness (QED) is 0.220. The molecule has 5 unspecified atom stereocenters. The fourth-order valence-corrected chi connectivity index (χ4v) is 12.5. The summed E-state index contributed by atoms with van der Waals surface area (Å²) in [5.74, 6) is 2.80. The minimum absolute atomic E-state index is 0.141. The Morgan fingerprint density at radius 1 is 0.919 bits per heavy atom. The molecular weight excluding hydrogens is 781 g/mol. The zero-order valence-corrected chi connectivity index (χ0v) is 37.7. The first-order valence-corrected chi connectivity index (χ1v) is 24.0. The number of aromatic hydroxyl groups is 1. The van der Waals surface area contributed by atoms with E-state index in [0.717, 1.165) is 102 Å². The molecule has 7 aliphatic rings. The van der Waals surface area contributed by atoms with Crippen LogP contribution in [0.25, 0.3) is 5.70 Å². The van der Waals surface area contributed by atoms with Gasteiger partial charge in [0, 0.05) is 100 Å². The lowest BCUT2D eigenvalue weighted by atomic mass is 9.60. The molecule has 1 spiro atoms. The van der Waals surface area contributed by atoms with Gasteiger partial charge in [-0.05, 0) is 120 Å². The maximum atomic E-state index is 13.5. The van der Waals surface area contributed by atoms with E-state index in [4.69, 9.17) is 26.5 Å². The number of para-hydroxylation sites is 1. The van der Waals surface area contributed by atoms with Crippen molar-refractivity contribution in [1.29, 1.82) is 0 Å². The Kier molecular flexibility index (Phi) is 12.7. The number of likely N-dealkylation sites (tertiary alicyclic amines) is 3. The van der Waals surface area contributed by atoms with Crippen molar-refractivity contribution in [2.24, 2.45) is 34.5 Å². The number of piperazine rings is 1. The Morgan fingerprint density at radius 2 is 1.65 bits per heavy atom. The third-order valence-corrected chi connectivity index (χ3v) is 16.2. The highest BCUT2D eigenvalue weighted by molar-refractivity contribution is 5.84. The van der Waals surface area contributed by atoms with Crippen LogP contribution in [0.15, 0.2) is 52.4 Å². The largest absolute Gasteiger partial charge is 0.507 e. The van der Waals surface area contributed by atoms with E-state index in [1.54, 1.807) is 18.2 Å². The van der Waals surface area contributed by atoms with Gasteiger partial charge in [0.05, 0.1) is 18.4 Å². The van der Waals surface area contributed by atoms with E-state index in [2.05, 4.69) is 56.5 Å². The molecular formula is C48H74N10O4. The van der Waals surface area contributed by atoms with Crippen LogP contribution in [-0.2, 0) is 9.53 Å². The first-order valence-electron chi connectivity index (χ1n) is 24.0. The molecule has 1 aromatic heterocycles. The number of phenolic OH excluding ortho intramolecular Hbond substituents is 1. The molecule has 7 N–H and O–H groups in total. The van der Waals surface area contributed by atoms with Crippen LogP contribution in [0, 0.1) is 17.3 Å². The minimum Gasteiger partial charge on any atom is -0.507 e. The first-order chi connectivity index (χ1) is 29.9. The summed E-state index contributed by atoms with van der Waals surface area (Å²) in [5.41, 5.74) is 21.2. The average Bonchev–Trinajstić information content (AvgIpc) is 3.96. The van der Waals surface area contributed by atoms with Crippen LogP contribution in [0.1, 0.15) is 102 Å². The summed E-state index contributed by atoms with van der Waals surface area (Å²) in [4.78, 5) is 28.5. The lowest BCUT2D eigenvalue weighted by Crippen LogP contribution is -2.61. The standard InChI is InChI=1S/C48H74N10O4/c1-32(2)45(47(60)57-16-6-7-33(57)3)43-24-44(52-62-43)54-17-12-34(13-18-54)27-53-19-14-48(15-20-53)25-37(26-48)55-21-22-61-38(30-55)31-58-35-10-11-36(58)29-56(28-35)41(46(50)51)23-40(49)39-8-4-5-9-42(39)59/h4-5,8-9,23-24,32-38,45,59H,6-7,10-22,25-31,49-51H2,1-3H3/b40-23-. The van der Waals surface area contributed by atoms with Gasteiger partial charge in [-0.25, -0.2) is 0 Å². The molecule has 1 saturated carbocycles. The van der Waals surface area contributed by atoms with Crippen molar-refractivity contribution in [1.82, 2.24) is 29.7 Å². The number of benzene rings is 1. The summed E-state index contributed by atoms with van der Waals surface area (Å²) in [6, 6.07) is 11.0. The number of aromatic nitrogens is 1. The van der Waals surface area contributed by atoms with Gasteiger partial charge in [-0.15, -0.1) is 0 Å². The Balaban J connectivity index is 0.701. The molecule has 5 atom stereocenters. The summed E-state index contributed by atoms with van der Waals surface area (Å²) >= 11 is 0. The number of phenols is 1. The maximum Gasteiger partial charge on any atom is 0.233 e. The van der Waals surface area contributed by atoms with Gasteiger partial charge in [0.1, 0.15) is 17.5 Å². The fourth-order valence-electron chi connectivity index (χ4n) is 12.5. The van der Waals surface area contributed by atoms with Crippen molar-refractivity contribution in [2.75, 3.05) is 83.5 Å². The van der Waals surface area contributed by atoms with Gasteiger partial charge in [-0.1, -0.05) is 31.1 Å². The van der Waals surface area contributed by atoms with Crippen molar-refractivity contribution in [3.05, 3.63) is 59.2 Å². The summed E-state index contributed by atoms with van der Waals surface area (Å²) in [6.07, 6.45) is 14.2. The lowest BCUT2D eigenvalue weighted by Gasteiger charge is -2.56. The maximum absolute atomic E-state index is 13.5. The van der Waals surface area contributed by atoms with E-state index in [1.807, 2.05) is 17.0 Å². The number of rotatable bonds is 12. The van der Waals surface area contributed by atoms with Crippen LogP contribution in [0.3, 0.4) is 0 Å². The normalized spacial score (nSPS) is 28.5. The molecule has 340 valence electrons. The number of fused-ring (bicyclic) bond motifs is 2. The topological polar surface area (TPSA) is 170 Å². The van der Waals surface area contributed by atoms with Crippen LogP contribution in [0.2, 0.25) is 0 Å². The lowest BCUT2D eigenvalue weighted by molar-refractivity contribution is -0.134. The summed E-state index contributed by atoms with van der Waals surface area (Å²) < 4.78 is 12.3. The summed E-state index contributed by atoms with van der Waals surface area (Å²) in [7, 11) is 0. The molecule has 62 heavy (non-hydrogen) atoms. The molecule has 2 bridgehead atoms. The molecule has 0 radical (unpaired) electrons. The molecule has 1 aliphatic carbocycles. The van der Waals surface area contributed by atoms with Gasteiger partial charge < -0.3 is 51.2 Å². The van der Waals surface area contributed by atoms with Crippen LogP contribution in [0.5, 0.6) is 5.75 Å². The average molecular weight is 855 g/mol. The predicted molar refractivity (Wildman–Crippen MR) is 243 cm³/mol. The Morgan fingerprint density at radius 3 is 2.31 bits per heavy atom. The number of piperidine rings is 2. The molecule has 1 aromatic carbocycles. The Hall–Kier alpha value is -3.98. The van der Waals surface area contributed by atoms with Crippen molar-refractivity contribution >= 4 is 17.4 Å². The summed E-state index contributed by atoms with van der Waals surface area (Å²) in [6.45, 7) is 18.4. The predicted octanol–water partition coefficient (Wildman–Crippen LogP) is 4.53. The molecule has 7 heterocycles. The number of hydrogen-bond donors (Lipinski definition) is 4. The van der Waals surface area contributed by atoms with Crippen molar-refractivity contribution in [3.8, 4) is 5.75 Å². The number of nitrogens with two attached hydrogens (primary N) is 3. The number of morpholine rings is 1. The van der Waals surface area contributed by atoms with E-state index in [0.29, 0.717) is 46.8 Å². The number of hydrogen-bond acceptors (Lipinski definition) is 13. The van der Waals surface area contributed by atoms with Gasteiger partial charge in [0.25, 0.3) is 0 Å². The van der Waals surface area contributed by atoms with Crippen LogP contribution in [0.4, 0.5) is 5.82 Å². The van der Waals surface area contributed by atoms with Crippen LogP contribution < -0.4 is 22.1 Å². The molecule has 14 nitrogen and oxygen atoms in total. The fraction of sp³-hybridized carbons (Fsp3) is 0.708. The molecule has 6 aliphatic heterocycles. The van der Waals surface area contributed by atoms with Gasteiger partial charge in [-0.3, -0.25) is 14.6 Å². The molecule has 1 amide bonds. The molecule has 14 heteroatoms.